The average molecular weight is 713 g/mol. The van der Waals surface area contributed by atoms with Crippen LogP contribution >= 0.6 is 7.82 Å². The number of aliphatic hydroxyl groups excluding tert-OH is 3. The number of aliphatic hydroxyl groups is 3. The SMILES string of the molecule is CCCCCCCC/C=C/CCCCCCCCOCCOCCOCCOCCOP(=O)([O-])OCC(O)CN(CC(C)O)CC(C)O. The van der Waals surface area contributed by atoms with Crippen LogP contribution in [0.1, 0.15) is 111 Å². The van der Waals surface area contributed by atoms with E-state index in [1.54, 1.807) is 18.7 Å². The molecule has 0 amide bonds. The van der Waals surface area contributed by atoms with Crippen LogP contribution in [0.2, 0.25) is 0 Å². The van der Waals surface area contributed by atoms with Gasteiger partial charge in [0.15, 0.2) is 0 Å². The van der Waals surface area contributed by atoms with Crippen molar-refractivity contribution in [3.63, 3.8) is 0 Å². The Balaban J connectivity index is 3.44. The second-order valence-corrected chi connectivity index (χ2v) is 13.9. The van der Waals surface area contributed by atoms with Gasteiger partial charge < -0.3 is 48.2 Å². The number of unbranched alkanes of at least 4 members (excludes halogenated alkanes) is 12. The third-order valence-electron chi connectivity index (χ3n) is 7.33. The number of rotatable bonds is 38. The first-order chi connectivity index (χ1) is 23.2. The van der Waals surface area contributed by atoms with E-state index in [-0.39, 0.29) is 39.5 Å². The Morgan fingerprint density at radius 3 is 1.48 bits per heavy atom. The maximum absolute atomic E-state index is 11.9. The standard InChI is InChI=1S/C35H72NO11P/c1-4-5-6-7-8-9-10-11-12-13-14-15-16-17-18-19-20-42-21-22-43-23-24-44-25-26-45-27-28-46-48(40,41)47-32-35(39)31-36(29-33(2)37)30-34(3)38/h11-12,33-35,37-39H,4-10,13-32H2,1-3H3,(H,40,41)/p-1/b12-11+. The lowest BCUT2D eigenvalue weighted by atomic mass is 10.1. The van der Waals surface area contributed by atoms with Gasteiger partial charge in [0.05, 0.1) is 77.8 Å². The Morgan fingerprint density at radius 2 is 1.00 bits per heavy atom. The van der Waals surface area contributed by atoms with Crippen LogP contribution in [0.5, 0.6) is 0 Å². The summed E-state index contributed by atoms with van der Waals surface area (Å²) in [7, 11) is -4.61. The van der Waals surface area contributed by atoms with E-state index in [2.05, 4.69) is 19.1 Å². The molecule has 0 saturated heterocycles. The van der Waals surface area contributed by atoms with Gasteiger partial charge in [0.1, 0.15) is 0 Å². The van der Waals surface area contributed by atoms with Gasteiger partial charge in [-0.05, 0) is 46.0 Å². The van der Waals surface area contributed by atoms with Gasteiger partial charge in [0.2, 0.25) is 0 Å². The normalized spacial score (nSPS) is 15.3. The maximum atomic E-state index is 11.9. The molecule has 0 fully saturated rings. The number of hydrogen-bond acceptors (Lipinski definition) is 12. The van der Waals surface area contributed by atoms with Gasteiger partial charge in [-0.2, -0.15) is 0 Å². The van der Waals surface area contributed by atoms with Gasteiger partial charge in [-0.15, -0.1) is 0 Å². The van der Waals surface area contributed by atoms with E-state index < -0.39 is 32.7 Å². The molecule has 0 aliphatic heterocycles. The topological polar surface area (TPSA) is 159 Å². The molecule has 13 heteroatoms. The van der Waals surface area contributed by atoms with Gasteiger partial charge in [0, 0.05) is 26.2 Å². The molecule has 0 saturated carbocycles. The van der Waals surface area contributed by atoms with E-state index in [0.717, 1.165) is 13.0 Å². The molecule has 0 aromatic rings. The van der Waals surface area contributed by atoms with Crippen LogP contribution in [0.15, 0.2) is 12.2 Å². The first-order valence-electron chi connectivity index (χ1n) is 18.5. The largest absolute Gasteiger partial charge is 0.756 e. The number of nitrogens with zero attached hydrogens (tertiary/aromatic N) is 1. The molecule has 288 valence electrons. The summed E-state index contributed by atoms with van der Waals surface area (Å²) in [4.78, 5) is 13.5. The second-order valence-electron chi connectivity index (χ2n) is 12.5. The average Bonchev–Trinajstić information content (AvgIpc) is 3.02. The van der Waals surface area contributed by atoms with Crippen molar-refractivity contribution in [2.45, 2.75) is 129 Å². The highest BCUT2D eigenvalue weighted by atomic mass is 31.2. The third kappa shape index (κ3) is 36.8. The van der Waals surface area contributed by atoms with E-state index in [9.17, 15) is 24.8 Å². The fourth-order valence-corrected chi connectivity index (χ4v) is 5.69. The van der Waals surface area contributed by atoms with Crippen molar-refractivity contribution >= 4 is 7.82 Å². The molecule has 48 heavy (non-hydrogen) atoms. The second kappa shape index (κ2) is 35.0. The number of phosphoric acid groups is 1. The molecule has 4 unspecified atom stereocenters. The zero-order chi connectivity index (χ0) is 35.6. The summed E-state index contributed by atoms with van der Waals surface area (Å²) in [5.41, 5.74) is 0. The molecule has 0 aromatic carbocycles. The van der Waals surface area contributed by atoms with Crippen LogP contribution in [-0.4, -0.2) is 124 Å². The molecule has 0 heterocycles. The molecule has 0 bridgehead atoms. The Labute approximate surface area is 292 Å². The zero-order valence-corrected chi connectivity index (χ0v) is 31.4. The van der Waals surface area contributed by atoms with Crippen molar-refractivity contribution in [2.24, 2.45) is 0 Å². The lowest BCUT2D eigenvalue weighted by Gasteiger charge is -2.29. The maximum Gasteiger partial charge on any atom is 0.268 e. The third-order valence-corrected chi connectivity index (χ3v) is 8.30. The number of allylic oxidation sites excluding steroid dienone is 2. The highest BCUT2D eigenvalue weighted by Gasteiger charge is 2.18. The lowest BCUT2D eigenvalue weighted by molar-refractivity contribution is -0.228. The predicted molar refractivity (Wildman–Crippen MR) is 188 cm³/mol. The van der Waals surface area contributed by atoms with Crippen molar-refractivity contribution in [3.05, 3.63) is 12.2 Å². The Morgan fingerprint density at radius 1 is 0.583 bits per heavy atom. The van der Waals surface area contributed by atoms with Gasteiger partial charge in [-0.1, -0.05) is 76.9 Å². The Kier molecular flexibility index (Phi) is 34.6. The number of hydrogen-bond donors (Lipinski definition) is 3. The minimum atomic E-state index is -4.61. The van der Waals surface area contributed by atoms with Gasteiger partial charge in [-0.25, -0.2) is 0 Å². The number of phosphoric ester groups is 1. The smallest absolute Gasteiger partial charge is 0.268 e. The van der Waals surface area contributed by atoms with E-state index >= 15 is 0 Å². The van der Waals surface area contributed by atoms with Crippen molar-refractivity contribution < 1.29 is 52.8 Å². The molecule has 0 rings (SSSR count). The first kappa shape index (κ1) is 47.5. The summed E-state index contributed by atoms with van der Waals surface area (Å²) >= 11 is 0. The van der Waals surface area contributed by atoms with Crippen molar-refractivity contribution in [1.29, 1.82) is 0 Å². The predicted octanol–water partition coefficient (Wildman–Crippen LogP) is 5.02. The molecular formula is C35H71NO11P-. The van der Waals surface area contributed by atoms with Crippen LogP contribution in [0.4, 0.5) is 0 Å². The van der Waals surface area contributed by atoms with Crippen molar-refractivity contribution in [3.8, 4) is 0 Å². The fraction of sp³-hybridized carbons (Fsp3) is 0.943. The number of ether oxygens (including phenoxy) is 4. The van der Waals surface area contributed by atoms with Crippen LogP contribution in [0.3, 0.4) is 0 Å². The van der Waals surface area contributed by atoms with Crippen LogP contribution < -0.4 is 4.89 Å². The Bertz CT molecular complexity index is 735. The first-order valence-corrected chi connectivity index (χ1v) is 19.9. The van der Waals surface area contributed by atoms with E-state index in [1.807, 2.05) is 0 Å². The minimum absolute atomic E-state index is 0.0238. The molecule has 12 nitrogen and oxygen atoms in total. The highest BCUT2D eigenvalue weighted by molar-refractivity contribution is 7.45. The van der Waals surface area contributed by atoms with Gasteiger partial charge in [0.25, 0.3) is 7.82 Å². The summed E-state index contributed by atoms with van der Waals surface area (Å²) in [6, 6.07) is 0. The summed E-state index contributed by atoms with van der Waals surface area (Å²) in [5.74, 6) is 0. The summed E-state index contributed by atoms with van der Waals surface area (Å²) < 4.78 is 43.3. The minimum Gasteiger partial charge on any atom is -0.756 e. The molecule has 0 radical (unpaired) electrons. The molecule has 0 aromatic heterocycles. The summed E-state index contributed by atoms with van der Waals surface area (Å²) in [6.07, 6.45) is 20.4. The summed E-state index contributed by atoms with van der Waals surface area (Å²) in [5, 5.41) is 29.2. The van der Waals surface area contributed by atoms with Crippen molar-refractivity contribution in [1.82, 2.24) is 4.90 Å². The molecule has 3 N–H and O–H groups in total. The quantitative estimate of drug-likeness (QED) is 0.0447. The van der Waals surface area contributed by atoms with E-state index in [4.69, 9.17) is 28.0 Å². The lowest BCUT2D eigenvalue weighted by Crippen LogP contribution is -2.42. The van der Waals surface area contributed by atoms with E-state index in [0.29, 0.717) is 33.0 Å². The monoisotopic (exact) mass is 712 g/mol. The Hall–Kier alpha value is -0.470. The molecule has 0 aliphatic rings. The fourth-order valence-electron chi connectivity index (χ4n) is 4.96. The van der Waals surface area contributed by atoms with Crippen molar-refractivity contribution in [2.75, 3.05) is 85.7 Å². The van der Waals surface area contributed by atoms with E-state index in [1.165, 1.54) is 83.5 Å². The molecular weight excluding hydrogens is 641 g/mol. The zero-order valence-electron chi connectivity index (χ0n) is 30.5. The van der Waals surface area contributed by atoms with Gasteiger partial charge in [-0.3, -0.25) is 9.46 Å². The van der Waals surface area contributed by atoms with Crippen LogP contribution in [-0.2, 0) is 32.6 Å². The molecule has 0 spiro atoms. The van der Waals surface area contributed by atoms with Crippen LogP contribution in [0, 0.1) is 0 Å². The molecule has 4 atom stereocenters. The van der Waals surface area contributed by atoms with Gasteiger partial charge >= 0.3 is 0 Å². The molecule has 0 aliphatic carbocycles. The summed E-state index contributed by atoms with van der Waals surface area (Å²) in [6.45, 7) is 8.55. The van der Waals surface area contributed by atoms with Crippen LogP contribution in [0.25, 0.3) is 0 Å². The highest BCUT2D eigenvalue weighted by Crippen LogP contribution is 2.38.